The highest BCUT2D eigenvalue weighted by atomic mass is 35.5. The van der Waals surface area contributed by atoms with Gasteiger partial charge in [-0.1, -0.05) is 11.6 Å². The highest BCUT2D eigenvalue weighted by Crippen LogP contribution is 2.30. The van der Waals surface area contributed by atoms with E-state index in [9.17, 15) is 18.0 Å². The van der Waals surface area contributed by atoms with Crippen LogP contribution in [0, 0.1) is 0 Å². The molecule has 0 aliphatic heterocycles. The van der Waals surface area contributed by atoms with E-state index in [1.807, 2.05) is 0 Å². The number of carboxylic acids is 1. The van der Waals surface area contributed by atoms with E-state index in [0.29, 0.717) is 11.3 Å². The van der Waals surface area contributed by atoms with E-state index in [4.69, 9.17) is 16.7 Å². The Labute approximate surface area is 122 Å². The lowest BCUT2D eigenvalue weighted by Gasteiger charge is -2.08. The van der Waals surface area contributed by atoms with Gasteiger partial charge in [0.25, 0.3) is 0 Å². The normalized spacial score (nSPS) is 11.6. The quantitative estimate of drug-likeness (QED) is 0.937. The summed E-state index contributed by atoms with van der Waals surface area (Å²) in [4.78, 5) is 10.5. The van der Waals surface area contributed by atoms with Crippen LogP contribution < -0.4 is 0 Å². The average Bonchev–Trinajstić information content (AvgIpc) is 2.77. The van der Waals surface area contributed by atoms with Crippen LogP contribution >= 0.6 is 11.6 Å². The highest BCUT2D eigenvalue weighted by molar-refractivity contribution is 6.30. The van der Waals surface area contributed by atoms with Crippen LogP contribution in [0.4, 0.5) is 13.2 Å². The predicted octanol–water partition coefficient (Wildman–Crippen LogP) is 3.56. The lowest BCUT2D eigenvalue weighted by atomic mass is 10.2. The van der Waals surface area contributed by atoms with E-state index in [0.717, 1.165) is 12.1 Å². The molecular weight excluding hydrogens is 309 g/mol. The number of halogens is 4. The molecule has 0 unspecified atom stereocenters. The second-order valence-corrected chi connectivity index (χ2v) is 4.67. The van der Waals surface area contributed by atoms with Gasteiger partial charge in [-0.25, -0.2) is 4.68 Å². The smallest absolute Gasteiger partial charge is 0.416 e. The number of aromatic nitrogens is 2. The fourth-order valence-corrected chi connectivity index (χ4v) is 2.03. The molecule has 0 bridgehead atoms. The number of carboxylic acid groups (broad SMARTS) is 1. The Balaban J connectivity index is 2.24. The van der Waals surface area contributed by atoms with Gasteiger partial charge in [0.1, 0.15) is 5.15 Å². The van der Waals surface area contributed by atoms with Crippen molar-refractivity contribution in [1.82, 2.24) is 9.78 Å². The molecule has 2 aromatic rings. The van der Waals surface area contributed by atoms with E-state index in [1.54, 1.807) is 0 Å². The minimum absolute atomic E-state index is 0.0988. The molecule has 0 spiro atoms. The standard InChI is InChI=1S/C13H10ClF3N2O2/c14-12-8(1-6-11(20)21)7-18-19(12)10-4-2-9(3-5-10)13(15,16)17/h2-5,7H,1,6H2,(H,20,21). The third-order valence-corrected chi connectivity index (χ3v) is 3.23. The monoisotopic (exact) mass is 318 g/mol. The molecule has 0 radical (unpaired) electrons. The predicted molar refractivity (Wildman–Crippen MR) is 69.5 cm³/mol. The van der Waals surface area contributed by atoms with Crippen molar-refractivity contribution in [2.75, 3.05) is 0 Å². The topological polar surface area (TPSA) is 55.1 Å². The fourth-order valence-electron chi connectivity index (χ4n) is 1.75. The molecule has 4 nitrogen and oxygen atoms in total. The van der Waals surface area contributed by atoms with Gasteiger partial charge in [-0.15, -0.1) is 0 Å². The first-order valence-corrected chi connectivity index (χ1v) is 6.28. The number of carbonyl (C=O) groups is 1. The maximum Gasteiger partial charge on any atom is 0.416 e. The van der Waals surface area contributed by atoms with Crippen LogP contribution in [-0.2, 0) is 17.4 Å². The SMILES string of the molecule is O=C(O)CCc1cnn(-c2ccc(C(F)(F)F)cc2)c1Cl. The second kappa shape index (κ2) is 5.77. The molecule has 1 heterocycles. The van der Waals surface area contributed by atoms with Gasteiger partial charge in [0.05, 0.1) is 17.4 Å². The first kappa shape index (κ1) is 15.4. The maximum atomic E-state index is 12.5. The van der Waals surface area contributed by atoms with Crippen LogP contribution in [0.3, 0.4) is 0 Å². The molecule has 0 fully saturated rings. The van der Waals surface area contributed by atoms with Crippen LogP contribution in [0.1, 0.15) is 17.5 Å². The molecule has 0 saturated carbocycles. The Hall–Kier alpha value is -2.02. The third-order valence-electron chi connectivity index (χ3n) is 2.83. The van der Waals surface area contributed by atoms with Crippen LogP contribution in [0.2, 0.25) is 5.15 Å². The van der Waals surface area contributed by atoms with Crippen LogP contribution in [-0.4, -0.2) is 20.9 Å². The Morgan fingerprint density at radius 3 is 2.43 bits per heavy atom. The van der Waals surface area contributed by atoms with Crippen molar-refractivity contribution >= 4 is 17.6 Å². The van der Waals surface area contributed by atoms with Gasteiger partial charge in [-0.05, 0) is 30.7 Å². The summed E-state index contributed by atoms with van der Waals surface area (Å²) in [6.45, 7) is 0. The molecule has 1 N–H and O–H groups in total. The molecule has 21 heavy (non-hydrogen) atoms. The molecule has 8 heteroatoms. The summed E-state index contributed by atoms with van der Waals surface area (Å²) in [5, 5.41) is 12.8. The van der Waals surface area contributed by atoms with Crippen molar-refractivity contribution < 1.29 is 23.1 Å². The van der Waals surface area contributed by atoms with Gasteiger partial charge >= 0.3 is 12.1 Å². The number of rotatable bonds is 4. The molecule has 0 amide bonds. The second-order valence-electron chi connectivity index (χ2n) is 4.31. The van der Waals surface area contributed by atoms with Crippen LogP contribution in [0.5, 0.6) is 0 Å². The summed E-state index contributed by atoms with van der Waals surface area (Å²) in [5.74, 6) is -0.964. The molecule has 0 saturated heterocycles. The molecular formula is C13H10ClF3N2O2. The number of benzene rings is 1. The van der Waals surface area contributed by atoms with Crippen molar-refractivity contribution in [2.24, 2.45) is 0 Å². The zero-order valence-corrected chi connectivity index (χ0v) is 11.3. The molecule has 0 aliphatic carbocycles. The van der Waals surface area contributed by atoms with Crippen molar-refractivity contribution in [3.63, 3.8) is 0 Å². The lowest BCUT2D eigenvalue weighted by molar-refractivity contribution is -0.138. The first-order valence-electron chi connectivity index (χ1n) is 5.91. The maximum absolute atomic E-state index is 12.5. The summed E-state index contributed by atoms with van der Waals surface area (Å²) in [6, 6.07) is 4.37. The van der Waals surface area contributed by atoms with Gasteiger partial charge in [0.15, 0.2) is 0 Å². The molecule has 1 aromatic carbocycles. The number of hydrogen-bond acceptors (Lipinski definition) is 2. The third kappa shape index (κ3) is 3.55. The largest absolute Gasteiger partial charge is 0.481 e. The summed E-state index contributed by atoms with van der Waals surface area (Å²) < 4.78 is 38.7. The number of aliphatic carboxylic acids is 1. The number of hydrogen-bond donors (Lipinski definition) is 1. The van der Waals surface area contributed by atoms with Crippen LogP contribution in [0.15, 0.2) is 30.5 Å². The fraction of sp³-hybridized carbons (Fsp3) is 0.231. The Kier molecular flexibility index (Phi) is 4.22. The summed E-state index contributed by atoms with van der Waals surface area (Å²) in [6.07, 6.45) is -2.89. The minimum atomic E-state index is -4.40. The Morgan fingerprint density at radius 1 is 1.29 bits per heavy atom. The van der Waals surface area contributed by atoms with Crippen molar-refractivity contribution in [3.05, 3.63) is 46.7 Å². The minimum Gasteiger partial charge on any atom is -0.481 e. The lowest BCUT2D eigenvalue weighted by Crippen LogP contribution is -2.05. The molecule has 0 aliphatic rings. The average molecular weight is 319 g/mol. The van der Waals surface area contributed by atoms with E-state index >= 15 is 0 Å². The van der Waals surface area contributed by atoms with Crippen molar-refractivity contribution in [2.45, 2.75) is 19.0 Å². The molecule has 112 valence electrons. The van der Waals surface area contributed by atoms with E-state index in [1.165, 1.54) is 23.0 Å². The van der Waals surface area contributed by atoms with Gasteiger partial charge in [0.2, 0.25) is 0 Å². The Bertz CT molecular complexity index is 650. The molecule has 0 atom stereocenters. The zero-order chi connectivity index (χ0) is 15.6. The summed E-state index contributed by atoms with van der Waals surface area (Å²) in [7, 11) is 0. The number of alkyl halides is 3. The van der Waals surface area contributed by atoms with Crippen molar-refractivity contribution in [1.29, 1.82) is 0 Å². The molecule has 2 rings (SSSR count). The summed E-state index contributed by atoms with van der Waals surface area (Å²) in [5.41, 5.74) is 0.133. The van der Waals surface area contributed by atoms with Gasteiger partial charge in [-0.2, -0.15) is 18.3 Å². The van der Waals surface area contributed by atoms with Crippen LogP contribution in [0.25, 0.3) is 5.69 Å². The van der Waals surface area contributed by atoms with E-state index in [-0.39, 0.29) is 18.0 Å². The van der Waals surface area contributed by atoms with E-state index in [2.05, 4.69) is 5.10 Å². The van der Waals surface area contributed by atoms with Gasteiger partial charge in [0, 0.05) is 12.0 Å². The molecule has 1 aromatic heterocycles. The zero-order valence-electron chi connectivity index (χ0n) is 10.6. The van der Waals surface area contributed by atoms with Crippen molar-refractivity contribution in [3.8, 4) is 5.69 Å². The van der Waals surface area contributed by atoms with Gasteiger partial charge < -0.3 is 5.11 Å². The summed E-state index contributed by atoms with van der Waals surface area (Å²) >= 11 is 6.06. The van der Waals surface area contributed by atoms with Gasteiger partial charge in [-0.3, -0.25) is 4.79 Å². The highest BCUT2D eigenvalue weighted by Gasteiger charge is 2.30. The Morgan fingerprint density at radius 2 is 1.90 bits per heavy atom. The number of nitrogens with zero attached hydrogens (tertiary/aromatic N) is 2. The first-order chi connectivity index (χ1) is 9.79. The van der Waals surface area contributed by atoms with E-state index < -0.39 is 17.7 Å². The number of aryl methyl sites for hydroxylation is 1.